The Morgan fingerprint density at radius 2 is 2.08 bits per heavy atom. The van der Waals surface area contributed by atoms with E-state index in [0.717, 1.165) is 10.2 Å². The van der Waals surface area contributed by atoms with Crippen LogP contribution in [-0.2, 0) is 0 Å². The van der Waals surface area contributed by atoms with Gasteiger partial charge in [0.2, 0.25) is 0 Å². The predicted octanol–water partition coefficient (Wildman–Crippen LogP) is 2.00. The van der Waals surface area contributed by atoms with Crippen molar-refractivity contribution in [3.63, 3.8) is 0 Å². The van der Waals surface area contributed by atoms with Gasteiger partial charge in [-0.2, -0.15) is 4.73 Å². The van der Waals surface area contributed by atoms with Gasteiger partial charge in [0.05, 0.1) is 11.7 Å². The van der Waals surface area contributed by atoms with Gasteiger partial charge in [-0.15, -0.1) is 0 Å². The van der Waals surface area contributed by atoms with Crippen molar-refractivity contribution in [2.75, 3.05) is 0 Å². The number of nitrogens with zero attached hydrogens (tertiary/aromatic N) is 2. The standard InChI is InChI=1S/C8H6N2OS/c11-10-7-4-2-1-3-6(7)9-5-8(10)12/h1-5,11H. The Hall–Kier alpha value is -1.42. The molecule has 0 unspecified atom stereocenters. The Morgan fingerprint density at radius 3 is 2.92 bits per heavy atom. The summed E-state index contributed by atoms with van der Waals surface area (Å²) in [5.74, 6) is 0. The van der Waals surface area contributed by atoms with Crippen LogP contribution < -0.4 is 0 Å². The summed E-state index contributed by atoms with van der Waals surface area (Å²) in [5.41, 5.74) is 1.36. The minimum atomic E-state index is 0.314. The highest BCUT2D eigenvalue weighted by Gasteiger charge is 1.97. The van der Waals surface area contributed by atoms with E-state index < -0.39 is 0 Å². The fourth-order valence-electron chi connectivity index (χ4n) is 1.05. The Morgan fingerprint density at radius 1 is 1.33 bits per heavy atom. The number of fused-ring (bicyclic) bond motifs is 1. The van der Waals surface area contributed by atoms with Gasteiger partial charge in [0.25, 0.3) is 0 Å². The number of hydrogen-bond acceptors (Lipinski definition) is 3. The molecular weight excluding hydrogens is 172 g/mol. The highest BCUT2D eigenvalue weighted by molar-refractivity contribution is 7.71. The van der Waals surface area contributed by atoms with Crippen LogP contribution in [-0.4, -0.2) is 14.9 Å². The third kappa shape index (κ3) is 0.967. The highest BCUT2D eigenvalue weighted by Crippen LogP contribution is 2.08. The molecule has 1 heterocycles. The Balaban J connectivity index is 3.01. The van der Waals surface area contributed by atoms with Gasteiger partial charge in [-0.25, -0.2) is 0 Å². The topological polar surface area (TPSA) is 38.0 Å². The number of para-hydroxylation sites is 2. The van der Waals surface area contributed by atoms with Gasteiger partial charge >= 0.3 is 0 Å². The minimum absolute atomic E-state index is 0.314. The maximum atomic E-state index is 9.43. The van der Waals surface area contributed by atoms with Crippen molar-refractivity contribution in [2.24, 2.45) is 0 Å². The van der Waals surface area contributed by atoms with Crippen molar-refractivity contribution in [1.82, 2.24) is 9.71 Å². The van der Waals surface area contributed by atoms with Gasteiger partial charge < -0.3 is 5.21 Å². The summed E-state index contributed by atoms with van der Waals surface area (Å²) >= 11 is 4.83. The maximum Gasteiger partial charge on any atom is 0.161 e. The first-order valence-corrected chi connectivity index (χ1v) is 3.86. The van der Waals surface area contributed by atoms with Crippen LogP contribution in [0.15, 0.2) is 30.5 Å². The summed E-state index contributed by atoms with van der Waals surface area (Å²) < 4.78 is 1.27. The Labute approximate surface area is 73.9 Å². The second kappa shape index (κ2) is 2.57. The Kier molecular flexibility index (Phi) is 1.55. The Bertz CT molecular complexity index is 478. The summed E-state index contributed by atoms with van der Waals surface area (Å²) in [4.78, 5) is 4.06. The van der Waals surface area contributed by atoms with Crippen LogP contribution in [0.4, 0.5) is 0 Å². The molecule has 0 saturated carbocycles. The van der Waals surface area contributed by atoms with Gasteiger partial charge in [-0.3, -0.25) is 4.98 Å². The fraction of sp³-hybridized carbons (Fsp3) is 0. The van der Waals surface area contributed by atoms with E-state index in [1.807, 2.05) is 18.2 Å². The SMILES string of the molecule is On1c(=S)cnc2ccccc21. The van der Waals surface area contributed by atoms with Crippen molar-refractivity contribution >= 4 is 23.3 Å². The monoisotopic (exact) mass is 178 g/mol. The highest BCUT2D eigenvalue weighted by atomic mass is 32.1. The van der Waals surface area contributed by atoms with Gasteiger partial charge in [-0.1, -0.05) is 24.4 Å². The number of aromatic nitrogens is 2. The van der Waals surface area contributed by atoms with Gasteiger partial charge in [0, 0.05) is 0 Å². The van der Waals surface area contributed by atoms with E-state index in [9.17, 15) is 5.21 Å². The summed E-state index contributed by atoms with van der Waals surface area (Å²) in [6.45, 7) is 0. The van der Waals surface area contributed by atoms with Crippen molar-refractivity contribution in [3.05, 3.63) is 35.1 Å². The summed E-state index contributed by atoms with van der Waals surface area (Å²) in [7, 11) is 0. The van der Waals surface area contributed by atoms with Crippen LogP contribution in [0, 0.1) is 4.64 Å². The molecule has 60 valence electrons. The lowest BCUT2D eigenvalue weighted by molar-refractivity contribution is 0.193. The number of hydrogen-bond donors (Lipinski definition) is 1. The molecule has 2 rings (SSSR count). The molecule has 0 aliphatic heterocycles. The fourth-order valence-corrected chi connectivity index (χ4v) is 1.20. The average molecular weight is 178 g/mol. The molecule has 0 aliphatic carbocycles. The second-order valence-electron chi connectivity index (χ2n) is 2.40. The zero-order valence-electron chi connectivity index (χ0n) is 6.14. The smallest absolute Gasteiger partial charge is 0.161 e. The lowest BCUT2D eigenvalue weighted by Crippen LogP contribution is -1.96. The second-order valence-corrected chi connectivity index (χ2v) is 2.82. The van der Waals surface area contributed by atoms with Gasteiger partial charge in [-0.05, 0) is 12.1 Å². The molecule has 1 N–H and O–H groups in total. The first-order chi connectivity index (χ1) is 5.79. The molecular formula is C8H6N2OS. The molecule has 1 aromatic heterocycles. The van der Waals surface area contributed by atoms with E-state index in [4.69, 9.17) is 12.2 Å². The zero-order valence-corrected chi connectivity index (χ0v) is 6.95. The third-order valence-electron chi connectivity index (χ3n) is 1.63. The molecule has 0 aliphatic rings. The van der Waals surface area contributed by atoms with E-state index in [1.165, 1.54) is 6.20 Å². The van der Waals surface area contributed by atoms with Crippen molar-refractivity contribution in [2.45, 2.75) is 0 Å². The summed E-state index contributed by atoms with van der Waals surface area (Å²) in [6, 6.07) is 7.26. The van der Waals surface area contributed by atoms with E-state index >= 15 is 0 Å². The van der Waals surface area contributed by atoms with Crippen molar-refractivity contribution in [3.8, 4) is 0 Å². The molecule has 0 spiro atoms. The van der Waals surface area contributed by atoms with Crippen LogP contribution in [0.5, 0.6) is 0 Å². The average Bonchev–Trinajstić information content (AvgIpc) is 2.12. The summed E-state index contributed by atoms with van der Waals surface area (Å²) in [5, 5.41) is 9.43. The molecule has 0 atom stereocenters. The van der Waals surface area contributed by atoms with Gasteiger partial charge in [0.1, 0.15) is 5.52 Å². The van der Waals surface area contributed by atoms with Crippen LogP contribution >= 0.6 is 12.2 Å². The maximum absolute atomic E-state index is 9.43. The van der Waals surface area contributed by atoms with Crippen molar-refractivity contribution < 1.29 is 5.21 Å². The molecule has 12 heavy (non-hydrogen) atoms. The number of rotatable bonds is 0. The number of benzene rings is 1. The molecule has 3 nitrogen and oxygen atoms in total. The lowest BCUT2D eigenvalue weighted by atomic mass is 10.3. The first-order valence-electron chi connectivity index (χ1n) is 3.45. The van der Waals surface area contributed by atoms with Crippen LogP contribution in [0.3, 0.4) is 0 Å². The molecule has 0 bridgehead atoms. The van der Waals surface area contributed by atoms with Gasteiger partial charge in [0.15, 0.2) is 4.64 Å². The molecule has 1 aromatic carbocycles. The molecule has 2 aromatic rings. The first kappa shape index (κ1) is 7.24. The van der Waals surface area contributed by atoms with E-state index in [2.05, 4.69) is 4.98 Å². The molecule has 0 saturated heterocycles. The largest absolute Gasteiger partial charge is 0.427 e. The zero-order chi connectivity index (χ0) is 8.55. The quantitative estimate of drug-likeness (QED) is 0.495. The molecule has 4 heteroatoms. The summed E-state index contributed by atoms with van der Waals surface area (Å²) in [6.07, 6.45) is 1.46. The molecule has 0 radical (unpaired) electrons. The normalized spacial score (nSPS) is 10.3. The van der Waals surface area contributed by atoms with Crippen LogP contribution in [0.2, 0.25) is 0 Å². The van der Waals surface area contributed by atoms with Crippen LogP contribution in [0.1, 0.15) is 0 Å². The molecule has 0 fully saturated rings. The van der Waals surface area contributed by atoms with E-state index in [1.54, 1.807) is 6.07 Å². The predicted molar refractivity (Wildman–Crippen MR) is 47.8 cm³/mol. The van der Waals surface area contributed by atoms with Crippen LogP contribution in [0.25, 0.3) is 11.0 Å². The van der Waals surface area contributed by atoms with Crippen molar-refractivity contribution in [1.29, 1.82) is 0 Å². The van der Waals surface area contributed by atoms with E-state index in [0.29, 0.717) is 10.2 Å². The lowest BCUT2D eigenvalue weighted by Gasteiger charge is -2.01. The minimum Gasteiger partial charge on any atom is -0.427 e. The molecule has 0 amide bonds. The third-order valence-corrected chi connectivity index (χ3v) is 1.91. The van der Waals surface area contributed by atoms with E-state index in [-0.39, 0.29) is 0 Å².